The van der Waals surface area contributed by atoms with Crippen LogP contribution in [0.15, 0.2) is 83.9 Å². The molecular weight excluding hydrogens is 548 g/mol. The number of pyridine rings is 1. The number of amides is 1. The Kier molecular flexibility index (Phi) is 7.47. The van der Waals surface area contributed by atoms with Gasteiger partial charge in [-0.3, -0.25) is 19.4 Å². The van der Waals surface area contributed by atoms with Crippen molar-refractivity contribution in [2.75, 3.05) is 30.9 Å². The van der Waals surface area contributed by atoms with Gasteiger partial charge >= 0.3 is 6.18 Å². The van der Waals surface area contributed by atoms with Gasteiger partial charge in [0.15, 0.2) is 0 Å². The number of sulfonamides is 1. The van der Waals surface area contributed by atoms with E-state index in [-0.39, 0.29) is 23.0 Å². The van der Waals surface area contributed by atoms with Crippen molar-refractivity contribution in [1.82, 2.24) is 14.8 Å². The molecule has 40 heavy (non-hydrogen) atoms. The van der Waals surface area contributed by atoms with Crippen LogP contribution in [0.4, 0.5) is 23.2 Å². The maximum absolute atomic E-state index is 13.9. The van der Waals surface area contributed by atoms with E-state index >= 15 is 0 Å². The van der Waals surface area contributed by atoms with Crippen LogP contribution in [0.5, 0.6) is 0 Å². The smallest absolute Gasteiger partial charge is 0.336 e. The van der Waals surface area contributed by atoms with E-state index in [4.69, 9.17) is 0 Å². The predicted octanol–water partition coefficient (Wildman–Crippen LogP) is 5.15. The highest BCUT2D eigenvalue weighted by Crippen LogP contribution is 2.32. The van der Waals surface area contributed by atoms with Crippen molar-refractivity contribution in [2.45, 2.75) is 17.6 Å². The van der Waals surface area contributed by atoms with Gasteiger partial charge in [0.2, 0.25) is 0 Å². The number of carbonyl (C=O) groups is 1. The summed E-state index contributed by atoms with van der Waals surface area (Å²) in [6.45, 7) is 1.95. The fourth-order valence-electron chi connectivity index (χ4n) is 4.62. The Balaban J connectivity index is 1.19. The number of hydrogen-bond acceptors (Lipinski definition) is 5. The first-order valence-electron chi connectivity index (χ1n) is 12.4. The minimum Gasteiger partial charge on any atom is -0.336 e. The second-order valence-electron chi connectivity index (χ2n) is 9.39. The van der Waals surface area contributed by atoms with Gasteiger partial charge in [-0.05, 0) is 54.1 Å². The average molecular weight is 573 g/mol. The first-order valence-corrected chi connectivity index (χ1v) is 13.8. The predicted molar refractivity (Wildman–Crippen MR) is 142 cm³/mol. The summed E-state index contributed by atoms with van der Waals surface area (Å²) in [7, 11) is -3.93. The van der Waals surface area contributed by atoms with Crippen molar-refractivity contribution in [3.8, 4) is 0 Å². The fraction of sp³-hybridized carbons (Fsp3) is 0.214. The Bertz CT molecular complexity index is 1650. The molecule has 0 saturated carbocycles. The molecule has 1 aliphatic heterocycles. The summed E-state index contributed by atoms with van der Waals surface area (Å²) in [5, 5.41) is 0.693. The van der Waals surface area contributed by atoms with Crippen LogP contribution in [0.25, 0.3) is 10.9 Å². The van der Waals surface area contributed by atoms with Crippen LogP contribution >= 0.6 is 0 Å². The van der Waals surface area contributed by atoms with E-state index in [0.29, 0.717) is 48.2 Å². The van der Waals surface area contributed by atoms with Gasteiger partial charge in [0.05, 0.1) is 11.1 Å². The van der Waals surface area contributed by atoms with Gasteiger partial charge < -0.3 is 4.90 Å². The quantitative estimate of drug-likeness (QED) is 0.323. The summed E-state index contributed by atoms with van der Waals surface area (Å²) in [5.41, 5.74) is 0.150. The van der Waals surface area contributed by atoms with Crippen molar-refractivity contribution in [3.63, 3.8) is 0 Å². The number of piperazine rings is 1. The van der Waals surface area contributed by atoms with Crippen molar-refractivity contribution in [1.29, 1.82) is 0 Å². The summed E-state index contributed by atoms with van der Waals surface area (Å²) < 4.78 is 80.8. The van der Waals surface area contributed by atoms with E-state index in [1.807, 2.05) is 4.90 Å². The number of nitrogens with one attached hydrogen (secondary N) is 1. The molecule has 0 unspecified atom stereocenters. The number of hydrogen-bond donors (Lipinski definition) is 1. The molecule has 0 atom stereocenters. The Hall–Kier alpha value is -4.03. The second kappa shape index (κ2) is 10.9. The zero-order chi connectivity index (χ0) is 28.5. The molecule has 1 N–H and O–H groups in total. The molecule has 0 spiro atoms. The number of alkyl halides is 3. The second-order valence-corrected chi connectivity index (χ2v) is 11.0. The fourth-order valence-corrected chi connectivity index (χ4v) is 5.86. The van der Waals surface area contributed by atoms with Gasteiger partial charge in [-0.25, -0.2) is 12.8 Å². The van der Waals surface area contributed by atoms with Crippen molar-refractivity contribution in [3.05, 3.63) is 102 Å². The molecule has 1 aliphatic rings. The highest BCUT2D eigenvalue weighted by Gasteiger charge is 2.34. The van der Waals surface area contributed by atoms with Crippen LogP contribution in [0.3, 0.4) is 0 Å². The number of fused-ring (bicyclic) bond motifs is 1. The lowest BCUT2D eigenvalue weighted by atomic mass is 10.1. The molecular formula is C28H24F4N4O3S. The number of rotatable bonds is 6. The van der Waals surface area contributed by atoms with Gasteiger partial charge in [0.1, 0.15) is 10.7 Å². The third-order valence-electron chi connectivity index (χ3n) is 6.67. The van der Waals surface area contributed by atoms with Crippen LogP contribution in [0.2, 0.25) is 0 Å². The summed E-state index contributed by atoms with van der Waals surface area (Å²) >= 11 is 0. The number of carbonyl (C=O) groups excluding carboxylic acids is 1. The molecule has 2 heterocycles. The number of halogens is 4. The topological polar surface area (TPSA) is 82.6 Å². The van der Waals surface area contributed by atoms with Crippen LogP contribution < -0.4 is 4.72 Å². The zero-order valence-electron chi connectivity index (χ0n) is 21.0. The van der Waals surface area contributed by atoms with Crippen LogP contribution in [-0.2, 0) is 22.7 Å². The van der Waals surface area contributed by atoms with Crippen LogP contribution in [0, 0.1) is 5.82 Å². The van der Waals surface area contributed by atoms with Crippen LogP contribution in [0.1, 0.15) is 21.5 Å². The summed E-state index contributed by atoms with van der Waals surface area (Å²) in [6, 6.07) is 17.4. The van der Waals surface area contributed by atoms with Gasteiger partial charge in [-0.1, -0.05) is 24.3 Å². The highest BCUT2D eigenvalue weighted by molar-refractivity contribution is 7.93. The largest absolute Gasteiger partial charge is 0.419 e. The maximum Gasteiger partial charge on any atom is 0.419 e. The Labute approximate surface area is 228 Å². The van der Waals surface area contributed by atoms with Gasteiger partial charge in [-0.15, -0.1) is 0 Å². The lowest BCUT2D eigenvalue weighted by molar-refractivity contribution is -0.140. The van der Waals surface area contributed by atoms with E-state index in [1.165, 1.54) is 30.5 Å². The Morgan fingerprint density at radius 1 is 0.925 bits per heavy atom. The lowest BCUT2D eigenvalue weighted by Gasteiger charge is -2.34. The van der Waals surface area contributed by atoms with E-state index in [1.54, 1.807) is 41.3 Å². The molecule has 1 fully saturated rings. The number of para-hydroxylation sites is 1. The monoisotopic (exact) mass is 572 g/mol. The molecule has 7 nitrogen and oxygen atoms in total. The van der Waals surface area contributed by atoms with Crippen molar-refractivity contribution >= 4 is 32.5 Å². The molecule has 208 valence electrons. The summed E-state index contributed by atoms with van der Waals surface area (Å²) in [4.78, 5) is 20.8. The number of aromatic nitrogens is 1. The van der Waals surface area contributed by atoms with Gasteiger partial charge in [0.25, 0.3) is 15.9 Å². The third kappa shape index (κ3) is 5.92. The normalized spacial score (nSPS) is 14.8. The van der Waals surface area contributed by atoms with E-state index in [9.17, 15) is 30.8 Å². The van der Waals surface area contributed by atoms with Crippen molar-refractivity contribution in [2.24, 2.45) is 0 Å². The minimum absolute atomic E-state index is 0.0441. The van der Waals surface area contributed by atoms with Crippen LogP contribution in [-0.4, -0.2) is 55.3 Å². The average Bonchev–Trinajstić information content (AvgIpc) is 2.92. The minimum atomic E-state index is -4.74. The van der Waals surface area contributed by atoms with Gasteiger partial charge in [-0.2, -0.15) is 13.2 Å². The molecule has 4 aromatic rings. The Morgan fingerprint density at radius 3 is 2.30 bits per heavy atom. The third-order valence-corrected chi connectivity index (χ3v) is 8.09. The summed E-state index contributed by atoms with van der Waals surface area (Å²) in [6.07, 6.45) is -3.22. The lowest BCUT2D eigenvalue weighted by Crippen LogP contribution is -2.48. The highest BCUT2D eigenvalue weighted by atomic mass is 32.2. The first kappa shape index (κ1) is 27.5. The maximum atomic E-state index is 13.9. The Morgan fingerprint density at radius 2 is 1.62 bits per heavy atom. The molecule has 1 aromatic heterocycles. The molecule has 0 bridgehead atoms. The number of anilines is 1. The standard InChI is InChI=1S/C28H24F4N4O3S/c29-24-17-19(6-11-23(24)28(30,31)32)18-35-13-15-36(16-14-35)27(37)21-7-9-22(10-8-21)34-40(38,39)25-5-1-3-20-4-2-12-33-26(20)25/h1-12,17,34H,13-16,18H2. The SMILES string of the molecule is O=C(c1ccc(NS(=O)(=O)c2cccc3cccnc23)cc1)N1CCN(Cc2ccc(C(F)(F)F)c(F)c2)CC1. The molecule has 12 heteroatoms. The molecule has 3 aromatic carbocycles. The zero-order valence-corrected chi connectivity index (χ0v) is 21.8. The van der Waals surface area contributed by atoms with E-state index in [0.717, 1.165) is 12.1 Å². The molecule has 0 radical (unpaired) electrons. The van der Waals surface area contributed by atoms with E-state index in [2.05, 4.69) is 9.71 Å². The van der Waals surface area contributed by atoms with E-state index < -0.39 is 27.6 Å². The molecule has 1 amide bonds. The number of nitrogens with zero attached hydrogens (tertiary/aromatic N) is 3. The first-order chi connectivity index (χ1) is 19.0. The summed E-state index contributed by atoms with van der Waals surface area (Å²) in [5.74, 6) is -1.54. The van der Waals surface area contributed by atoms with Gasteiger partial charge in [0, 0.05) is 55.6 Å². The molecule has 5 rings (SSSR count). The molecule has 0 aliphatic carbocycles. The molecule has 1 saturated heterocycles. The van der Waals surface area contributed by atoms with Crippen molar-refractivity contribution < 1.29 is 30.8 Å². The number of benzene rings is 3.